The molecule has 5 amide bonds. The van der Waals surface area contributed by atoms with E-state index in [1.807, 2.05) is 36.6 Å². The van der Waals surface area contributed by atoms with Crippen molar-refractivity contribution in [2.75, 3.05) is 25.1 Å². The number of nitrogens with zero attached hydrogens (tertiary/aromatic N) is 1. The number of phenols is 1. The topological polar surface area (TPSA) is 197 Å². The van der Waals surface area contributed by atoms with Crippen molar-refractivity contribution in [3.8, 4) is 5.75 Å². The van der Waals surface area contributed by atoms with Gasteiger partial charge in [0.15, 0.2) is 0 Å². The number of nitrogens with one attached hydrogen (secondary N) is 3. The predicted octanol–water partition coefficient (Wildman–Crippen LogP) is -0.180. The van der Waals surface area contributed by atoms with Crippen molar-refractivity contribution in [1.29, 1.82) is 0 Å². The second-order valence-electron chi connectivity index (χ2n) is 10.4. The van der Waals surface area contributed by atoms with Gasteiger partial charge in [0.1, 0.15) is 23.9 Å². The Morgan fingerprint density at radius 2 is 1.65 bits per heavy atom. The van der Waals surface area contributed by atoms with E-state index in [4.69, 9.17) is 11.5 Å². The van der Waals surface area contributed by atoms with Crippen molar-refractivity contribution in [2.45, 2.75) is 56.3 Å². The average molecular weight is 613 g/mol. The smallest absolute Gasteiger partial charge is 0.243 e. The van der Waals surface area contributed by atoms with Crippen LogP contribution in [0.1, 0.15) is 30.4 Å². The minimum atomic E-state index is -1.02. The summed E-state index contributed by atoms with van der Waals surface area (Å²) in [5.41, 5.74) is 13.2. The molecular formula is C30H40N6O6S. The van der Waals surface area contributed by atoms with E-state index in [1.54, 1.807) is 12.1 Å². The molecule has 13 heteroatoms. The molecule has 8 N–H and O–H groups in total. The third kappa shape index (κ3) is 10.3. The summed E-state index contributed by atoms with van der Waals surface area (Å²) in [4.78, 5) is 65.5. The molecule has 0 bridgehead atoms. The maximum atomic E-state index is 13.1. The second-order valence-corrected chi connectivity index (χ2v) is 11.4. The van der Waals surface area contributed by atoms with Gasteiger partial charge < -0.3 is 37.4 Å². The number of likely N-dealkylation sites (tertiary alicyclic amines) is 1. The van der Waals surface area contributed by atoms with Crippen molar-refractivity contribution in [3.63, 3.8) is 0 Å². The molecule has 0 aliphatic carbocycles. The molecule has 0 radical (unpaired) electrons. The molecule has 0 unspecified atom stereocenters. The highest BCUT2D eigenvalue weighted by Gasteiger charge is 2.36. The maximum absolute atomic E-state index is 13.1. The lowest BCUT2D eigenvalue weighted by molar-refractivity contribution is -0.139. The normalized spacial score (nSPS) is 16.5. The molecule has 2 aromatic carbocycles. The molecule has 43 heavy (non-hydrogen) atoms. The van der Waals surface area contributed by atoms with Crippen LogP contribution < -0.4 is 27.4 Å². The molecule has 232 valence electrons. The zero-order valence-electron chi connectivity index (χ0n) is 24.2. The Kier molecular flexibility index (Phi) is 12.8. The van der Waals surface area contributed by atoms with Gasteiger partial charge in [-0.05, 0) is 61.0 Å². The molecule has 0 spiro atoms. The van der Waals surface area contributed by atoms with E-state index in [1.165, 1.54) is 28.8 Å². The molecular weight excluding hydrogens is 572 g/mol. The molecule has 4 atom stereocenters. The van der Waals surface area contributed by atoms with Gasteiger partial charge in [0.25, 0.3) is 0 Å². The summed E-state index contributed by atoms with van der Waals surface area (Å²) in [6, 6.07) is 11.9. The van der Waals surface area contributed by atoms with E-state index in [9.17, 15) is 29.1 Å². The first-order valence-corrected chi connectivity index (χ1v) is 15.5. The van der Waals surface area contributed by atoms with Crippen LogP contribution in [-0.2, 0) is 36.8 Å². The first kappa shape index (κ1) is 33.4. The van der Waals surface area contributed by atoms with Crippen LogP contribution in [0, 0.1) is 0 Å². The van der Waals surface area contributed by atoms with E-state index in [-0.39, 0.29) is 24.5 Å². The van der Waals surface area contributed by atoms with Gasteiger partial charge in [-0.15, -0.1) is 0 Å². The van der Waals surface area contributed by atoms with Crippen molar-refractivity contribution in [3.05, 3.63) is 65.7 Å². The van der Waals surface area contributed by atoms with E-state index < -0.39 is 54.3 Å². The number of aromatic hydroxyl groups is 1. The van der Waals surface area contributed by atoms with Crippen LogP contribution in [0.25, 0.3) is 0 Å². The van der Waals surface area contributed by atoms with E-state index >= 15 is 0 Å². The lowest BCUT2D eigenvalue weighted by atomic mass is 10.0. The van der Waals surface area contributed by atoms with Crippen molar-refractivity contribution < 1.29 is 29.1 Å². The molecule has 2 aromatic rings. The number of hydrogen-bond donors (Lipinski definition) is 6. The quantitative estimate of drug-likeness (QED) is 0.159. The minimum Gasteiger partial charge on any atom is -0.508 e. The largest absolute Gasteiger partial charge is 0.508 e. The minimum absolute atomic E-state index is 0.108. The van der Waals surface area contributed by atoms with Gasteiger partial charge in [-0.2, -0.15) is 11.8 Å². The molecule has 1 fully saturated rings. The fourth-order valence-electron chi connectivity index (χ4n) is 4.87. The Hall–Kier alpha value is -4.10. The van der Waals surface area contributed by atoms with Gasteiger partial charge in [0.2, 0.25) is 29.5 Å². The van der Waals surface area contributed by atoms with Gasteiger partial charge in [0, 0.05) is 13.0 Å². The average Bonchev–Trinajstić information content (AvgIpc) is 3.49. The zero-order valence-corrected chi connectivity index (χ0v) is 25.0. The summed E-state index contributed by atoms with van der Waals surface area (Å²) >= 11 is 1.51. The molecule has 12 nitrogen and oxygen atoms in total. The summed E-state index contributed by atoms with van der Waals surface area (Å²) in [5, 5.41) is 17.3. The SMILES string of the molecule is CSCC[C@H](NC(=O)[C@H](Cc1ccccc1)NC(=O)CNC(=O)[C@@H]1CCCN1C(=O)[C@@H](N)Cc1ccc(O)cc1)C(N)=O. The van der Waals surface area contributed by atoms with E-state index in [0.29, 0.717) is 31.6 Å². The fourth-order valence-corrected chi connectivity index (χ4v) is 5.34. The summed E-state index contributed by atoms with van der Waals surface area (Å²) in [6.07, 6.45) is 3.65. The van der Waals surface area contributed by atoms with Crippen LogP contribution >= 0.6 is 11.8 Å². The number of nitrogens with two attached hydrogens (primary N) is 2. The van der Waals surface area contributed by atoms with Crippen LogP contribution in [-0.4, -0.2) is 88.8 Å². The standard InChI is InChI=1S/C30H40N6O6S/c1-43-15-13-23(27(32)39)35-28(40)24(17-19-6-3-2-4-7-19)34-26(38)18-33-29(41)25-8-5-14-36(25)30(42)22(31)16-20-9-11-21(37)12-10-20/h2-4,6-7,9-12,22-25,37H,5,8,13-18,31H2,1H3,(H2,32,39)(H,33,41)(H,34,38)(H,35,40)/t22-,23-,24-,25-/m0/s1. The highest BCUT2D eigenvalue weighted by atomic mass is 32.2. The Morgan fingerprint density at radius 3 is 2.30 bits per heavy atom. The first-order chi connectivity index (χ1) is 20.6. The summed E-state index contributed by atoms with van der Waals surface area (Å²) in [7, 11) is 0. The van der Waals surface area contributed by atoms with Crippen LogP contribution in [0.15, 0.2) is 54.6 Å². The zero-order chi connectivity index (χ0) is 31.4. The monoisotopic (exact) mass is 612 g/mol. The van der Waals surface area contributed by atoms with Crippen molar-refractivity contribution in [2.24, 2.45) is 11.5 Å². The molecule has 0 aromatic heterocycles. The Bertz CT molecular complexity index is 1260. The lowest BCUT2D eigenvalue weighted by Gasteiger charge is -2.27. The molecule has 1 heterocycles. The number of benzene rings is 2. The summed E-state index contributed by atoms with van der Waals surface area (Å²) < 4.78 is 0. The highest BCUT2D eigenvalue weighted by Crippen LogP contribution is 2.20. The Morgan fingerprint density at radius 1 is 0.977 bits per heavy atom. The number of carbonyl (C=O) groups excluding carboxylic acids is 5. The first-order valence-electron chi connectivity index (χ1n) is 14.1. The van der Waals surface area contributed by atoms with Crippen LogP contribution in [0.5, 0.6) is 5.75 Å². The third-order valence-corrected chi connectivity index (χ3v) is 7.82. The number of hydrogen-bond acceptors (Lipinski definition) is 8. The van der Waals surface area contributed by atoms with Crippen LogP contribution in [0.3, 0.4) is 0 Å². The molecule has 3 rings (SSSR count). The van der Waals surface area contributed by atoms with Gasteiger partial charge in [-0.3, -0.25) is 24.0 Å². The van der Waals surface area contributed by atoms with Gasteiger partial charge in [0.05, 0.1) is 12.6 Å². The number of phenolic OH excluding ortho intramolecular Hbond substituents is 1. The van der Waals surface area contributed by atoms with Gasteiger partial charge in [-0.25, -0.2) is 0 Å². The van der Waals surface area contributed by atoms with Gasteiger partial charge >= 0.3 is 0 Å². The van der Waals surface area contributed by atoms with E-state index in [0.717, 1.165) is 11.1 Å². The fraction of sp³-hybridized carbons (Fsp3) is 0.433. The van der Waals surface area contributed by atoms with Crippen molar-refractivity contribution in [1.82, 2.24) is 20.9 Å². The van der Waals surface area contributed by atoms with Crippen LogP contribution in [0.4, 0.5) is 0 Å². The number of rotatable bonds is 15. The number of primary amides is 1. The molecule has 0 saturated carbocycles. The number of thioether (sulfide) groups is 1. The number of amides is 5. The predicted molar refractivity (Wildman–Crippen MR) is 164 cm³/mol. The maximum Gasteiger partial charge on any atom is 0.243 e. The summed E-state index contributed by atoms with van der Waals surface area (Å²) in [5.74, 6) is -1.99. The molecule has 1 aliphatic heterocycles. The molecule has 1 aliphatic rings. The van der Waals surface area contributed by atoms with Crippen molar-refractivity contribution >= 4 is 41.3 Å². The lowest BCUT2D eigenvalue weighted by Crippen LogP contribution is -2.56. The van der Waals surface area contributed by atoms with Gasteiger partial charge in [-0.1, -0.05) is 42.5 Å². The highest BCUT2D eigenvalue weighted by molar-refractivity contribution is 7.98. The van der Waals surface area contributed by atoms with Crippen LogP contribution in [0.2, 0.25) is 0 Å². The third-order valence-electron chi connectivity index (χ3n) is 7.18. The number of carbonyl (C=O) groups is 5. The Labute approximate surface area is 255 Å². The molecule has 1 saturated heterocycles. The second kappa shape index (κ2) is 16.5. The Balaban J connectivity index is 1.59. The summed E-state index contributed by atoms with van der Waals surface area (Å²) in [6.45, 7) is -0.0511. The van der Waals surface area contributed by atoms with E-state index in [2.05, 4.69) is 16.0 Å².